The van der Waals surface area contributed by atoms with Gasteiger partial charge in [0.05, 0.1) is 17.0 Å². The summed E-state index contributed by atoms with van der Waals surface area (Å²) >= 11 is 1.41. The van der Waals surface area contributed by atoms with E-state index < -0.39 is 0 Å². The topological polar surface area (TPSA) is 83.6 Å². The molecule has 0 atom stereocenters. The molecular formula is C28H27N5OS. The second-order valence-corrected chi connectivity index (χ2v) is 9.81. The smallest absolute Gasteiger partial charge is 0.234 e. The van der Waals surface area contributed by atoms with Gasteiger partial charge in [-0.05, 0) is 41.3 Å². The molecule has 1 aliphatic carbocycles. The highest BCUT2D eigenvalue weighted by atomic mass is 32.2. The van der Waals surface area contributed by atoms with Crippen LogP contribution in [0.2, 0.25) is 0 Å². The Morgan fingerprint density at radius 2 is 1.77 bits per heavy atom. The first-order valence-corrected chi connectivity index (χ1v) is 13.0. The lowest BCUT2D eigenvalue weighted by Crippen LogP contribution is -2.18. The summed E-state index contributed by atoms with van der Waals surface area (Å²) in [5, 5.41) is 24.5. The molecule has 6 nitrogen and oxygen atoms in total. The second-order valence-electron chi connectivity index (χ2n) is 8.87. The van der Waals surface area contributed by atoms with E-state index in [-0.39, 0.29) is 11.7 Å². The average molecular weight is 482 g/mol. The Balaban J connectivity index is 1.38. The van der Waals surface area contributed by atoms with E-state index in [0.29, 0.717) is 23.7 Å². The van der Waals surface area contributed by atoms with Crippen LogP contribution in [-0.4, -0.2) is 26.4 Å². The van der Waals surface area contributed by atoms with Crippen molar-refractivity contribution in [1.82, 2.24) is 14.8 Å². The summed E-state index contributed by atoms with van der Waals surface area (Å²) in [6, 6.07) is 24.3. The maximum absolute atomic E-state index is 12.7. The summed E-state index contributed by atoms with van der Waals surface area (Å²) in [5.74, 6) is 0.997. The molecule has 7 heteroatoms. The zero-order valence-corrected chi connectivity index (χ0v) is 20.3. The first-order chi connectivity index (χ1) is 17.2. The number of carbonyl (C=O) groups is 1. The highest BCUT2D eigenvalue weighted by Crippen LogP contribution is 2.34. The number of nitriles is 1. The third kappa shape index (κ3) is 5.23. The number of amides is 1. The molecule has 1 aromatic heterocycles. The number of nitrogens with zero attached hydrogens (tertiary/aromatic N) is 4. The highest BCUT2D eigenvalue weighted by molar-refractivity contribution is 7.99. The van der Waals surface area contributed by atoms with Crippen LogP contribution in [0.1, 0.15) is 55.1 Å². The van der Waals surface area contributed by atoms with Crippen molar-refractivity contribution in [1.29, 1.82) is 5.26 Å². The van der Waals surface area contributed by atoms with Gasteiger partial charge in [0.1, 0.15) is 11.9 Å². The molecule has 1 fully saturated rings. The SMILES string of the molecule is N#Cc1ccccc1NC(=O)CSc1nnc(Cc2cccc3ccccc23)n1C1CCCCC1. The fraction of sp³-hybridized carbons (Fsp3) is 0.286. The molecule has 3 aromatic carbocycles. The van der Waals surface area contributed by atoms with Gasteiger partial charge in [0.2, 0.25) is 5.91 Å². The maximum atomic E-state index is 12.7. The van der Waals surface area contributed by atoms with Gasteiger partial charge < -0.3 is 9.88 Å². The Morgan fingerprint density at radius 1 is 1.00 bits per heavy atom. The number of hydrogen-bond acceptors (Lipinski definition) is 5. The van der Waals surface area contributed by atoms with Crippen LogP contribution in [0, 0.1) is 11.3 Å². The van der Waals surface area contributed by atoms with Gasteiger partial charge in [-0.15, -0.1) is 10.2 Å². The minimum absolute atomic E-state index is 0.161. The first-order valence-electron chi connectivity index (χ1n) is 12.0. The van der Waals surface area contributed by atoms with Crippen molar-refractivity contribution in [3.8, 4) is 6.07 Å². The molecule has 1 heterocycles. The van der Waals surface area contributed by atoms with E-state index in [1.165, 1.54) is 47.4 Å². The van der Waals surface area contributed by atoms with Crippen LogP contribution >= 0.6 is 11.8 Å². The van der Waals surface area contributed by atoms with Crippen molar-refractivity contribution >= 4 is 34.1 Å². The van der Waals surface area contributed by atoms with Gasteiger partial charge in [0.25, 0.3) is 0 Å². The van der Waals surface area contributed by atoms with Gasteiger partial charge in [0, 0.05) is 12.5 Å². The van der Waals surface area contributed by atoms with Crippen LogP contribution < -0.4 is 5.32 Å². The number of hydrogen-bond donors (Lipinski definition) is 1. The molecule has 1 aliphatic rings. The molecule has 1 amide bonds. The highest BCUT2D eigenvalue weighted by Gasteiger charge is 2.24. The lowest BCUT2D eigenvalue weighted by Gasteiger charge is -2.25. The monoisotopic (exact) mass is 481 g/mol. The lowest BCUT2D eigenvalue weighted by molar-refractivity contribution is -0.113. The Labute approximate surface area is 209 Å². The Hall–Kier alpha value is -3.63. The fourth-order valence-electron chi connectivity index (χ4n) is 4.86. The molecule has 0 saturated heterocycles. The van der Waals surface area contributed by atoms with E-state index in [2.05, 4.69) is 68.6 Å². The molecule has 35 heavy (non-hydrogen) atoms. The molecule has 0 aliphatic heterocycles. The van der Waals surface area contributed by atoms with Gasteiger partial charge in [-0.3, -0.25) is 4.79 Å². The molecule has 1 N–H and O–H groups in total. The van der Waals surface area contributed by atoms with Crippen molar-refractivity contribution in [2.75, 3.05) is 11.1 Å². The molecule has 0 spiro atoms. The molecule has 176 valence electrons. The van der Waals surface area contributed by atoms with Crippen LogP contribution in [0.25, 0.3) is 10.8 Å². The molecule has 1 saturated carbocycles. The summed E-state index contributed by atoms with van der Waals surface area (Å²) in [4.78, 5) is 12.7. The van der Waals surface area contributed by atoms with E-state index in [1.807, 2.05) is 6.07 Å². The first kappa shape index (κ1) is 23.1. The minimum Gasteiger partial charge on any atom is -0.324 e. The standard InChI is InChI=1S/C28H27N5OS/c29-18-22-10-5-7-16-25(22)30-27(34)19-35-28-32-31-26(33(28)23-13-2-1-3-14-23)17-21-12-8-11-20-9-4-6-15-24(20)21/h4-12,15-16,23H,1-3,13-14,17,19H2,(H,30,34). The van der Waals surface area contributed by atoms with Gasteiger partial charge in [-0.2, -0.15) is 5.26 Å². The van der Waals surface area contributed by atoms with Crippen molar-refractivity contribution in [2.24, 2.45) is 0 Å². The molecule has 0 radical (unpaired) electrons. The van der Waals surface area contributed by atoms with Gasteiger partial charge in [0.15, 0.2) is 5.16 Å². The maximum Gasteiger partial charge on any atom is 0.234 e. The zero-order valence-electron chi connectivity index (χ0n) is 19.5. The van der Waals surface area contributed by atoms with Crippen molar-refractivity contribution in [3.05, 3.63) is 83.7 Å². The number of anilines is 1. The van der Waals surface area contributed by atoms with E-state index in [0.717, 1.165) is 23.8 Å². The van der Waals surface area contributed by atoms with Crippen LogP contribution in [0.4, 0.5) is 5.69 Å². The summed E-state index contributed by atoms with van der Waals surface area (Å²) in [5.41, 5.74) is 2.22. The molecule has 0 unspecified atom stereocenters. The fourth-order valence-corrected chi connectivity index (χ4v) is 5.68. The molecule has 0 bridgehead atoms. The Kier molecular flexibility index (Phi) is 7.10. The Morgan fingerprint density at radius 3 is 2.63 bits per heavy atom. The van der Waals surface area contributed by atoms with Crippen LogP contribution in [0.15, 0.2) is 71.9 Å². The van der Waals surface area contributed by atoms with Crippen molar-refractivity contribution in [2.45, 2.75) is 49.7 Å². The minimum atomic E-state index is -0.161. The van der Waals surface area contributed by atoms with Crippen LogP contribution in [0.3, 0.4) is 0 Å². The van der Waals surface area contributed by atoms with Crippen LogP contribution in [0.5, 0.6) is 0 Å². The molecular weight excluding hydrogens is 454 g/mol. The average Bonchev–Trinajstić information content (AvgIpc) is 3.31. The number of nitrogens with one attached hydrogen (secondary N) is 1. The van der Waals surface area contributed by atoms with Crippen LogP contribution in [-0.2, 0) is 11.2 Å². The zero-order chi connectivity index (χ0) is 24.0. The number of aromatic nitrogens is 3. The number of benzene rings is 3. The summed E-state index contributed by atoms with van der Waals surface area (Å²) in [6.07, 6.45) is 6.58. The van der Waals surface area contributed by atoms with E-state index in [1.54, 1.807) is 18.2 Å². The summed E-state index contributed by atoms with van der Waals surface area (Å²) in [6.45, 7) is 0. The number of thioether (sulfide) groups is 1. The quantitative estimate of drug-likeness (QED) is 0.321. The van der Waals surface area contributed by atoms with Crippen molar-refractivity contribution in [3.63, 3.8) is 0 Å². The molecule has 4 aromatic rings. The van der Waals surface area contributed by atoms with Gasteiger partial charge >= 0.3 is 0 Å². The third-order valence-corrected chi connectivity index (χ3v) is 7.50. The number of para-hydroxylation sites is 1. The van der Waals surface area contributed by atoms with Crippen molar-refractivity contribution < 1.29 is 4.79 Å². The summed E-state index contributed by atoms with van der Waals surface area (Å²) < 4.78 is 2.28. The Bertz CT molecular complexity index is 1380. The largest absolute Gasteiger partial charge is 0.324 e. The summed E-state index contributed by atoms with van der Waals surface area (Å²) in [7, 11) is 0. The number of carbonyl (C=O) groups excluding carboxylic acids is 1. The molecule has 5 rings (SSSR count). The van der Waals surface area contributed by atoms with Gasteiger partial charge in [-0.25, -0.2) is 0 Å². The van der Waals surface area contributed by atoms with E-state index >= 15 is 0 Å². The predicted molar refractivity (Wildman–Crippen MR) is 139 cm³/mol. The lowest BCUT2D eigenvalue weighted by atomic mass is 9.95. The normalized spacial score (nSPS) is 14.0. The van der Waals surface area contributed by atoms with Gasteiger partial charge in [-0.1, -0.05) is 85.6 Å². The third-order valence-electron chi connectivity index (χ3n) is 6.56. The second kappa shape index (κ2) is 10.7. The predicted octanol–water partition coefficient (Wildman–Crippen LogP) is 6.13. The van der Waals surface area contributed by atoms with E-state index in [9.17, 15) is 10.1 Å². The number of rotatable bonds is 7. The van der Waals surface area contributed by atoms with E-state index in [4.69, 9.17) is 0 Å². The number of fused-ring (bicyclic) bond motifs is 1.